The molecule has 0 amide bonds. The normalized spacial score (nSPS) is 26.4. The van der Waals surface area contributed by atoms with Crippen LogP contribution in [0.4, 0.5) is 5.13 Å². The Labute approximate surface area is 174 Å². The summed E-state index contributed by atoms with van der Waals surface area (Å²) in [4.78, 5) is 28.3. The number of rotatable bonds is 8. The summed E-state index contributed by atoms with van der Waals surface area (Å²) < 4.78 is 15.1. The third kappa shape index (κ3) is 4.66. The predicted octanol–water partition coefficient (Wildman–Crippen LogP) is -1.21. The molecule has 0 radical (unpaired) electrons. The van der Waals surface area contributed by atoms with Gasteiger partial charge < -0.3 is 39.7 Å². The van der Waals surface area contributed by atoms with Gasteiger partial charge in [0.2, 0.25) is 11.5 Å². The highest BCUT2D eigenvalue weighted by Gasteiger charge is 2.43. The van der Waals surface area contributed by atoms with Gasteiger partial charge in [-0.15, -0.1) is 0 Å². The zero-order valence-corrected chi connectivity index (χ0v) is 16.6. The highest BCUT2D eigenvalue weighted by molar-refractivity contribution is 7.17. The fraction of sp³-hybridized carbons (Fsp3) is 0.529. The molecule has 0 spiro atoms. The second-order valence-electron chi connectivity index (χ2n) is 6.40. The van der Waals surface area contributed by atoms with Gasteiger partial charge in [-0.25, -0.2) is 9.78 Å². The van der Waals surface area contributed by atoms with Gasteiger partial charge >= 0.3 is 5.97 Å². The first-order chi connectivity index (χ1) is 14.3. The van der Waals surface area contributed by atoms with Crippen LogP contribution in [0.15, 0.2) is 16.8 Å². The Hall–Kier alpha value is -2.42. The minimum Gasteiger partial charge on any atom is -0.461 e. The minimum atomic E-state index is -1.48. The average molecular weight is 443 g/mol. The zero-order chi connectivity index (χ0) is 21.8. The second-order valence-corrected chi connectivity index (χ2v) is 7.43. The lowest BCUT2D eigenvalue weighted by Crippen LogP contribution is -2.60. The van der Waals surface area contributed by atoms with E-state index >= 15 is 0 Å². The third-order valence-electron chi connectivity index (χ3n) is 4.39. The van der Waals surface area contributed by atoms with Crippen LogP contribution in [0.2, 0.25) is 0 Å². The summed E-state index contributed by atoms with van der Waals surface area (Å²) in [6, 6.07) is 1.18. The number of aromatic nitrogens is 2. The maximum Gasteiger partial charge on any atom is 0.360 e. The van der Waals surface area contributed by atoms with E-state index in [-0.39, 0.29) is 29.5 Å². The van der Waals surface area contributed by atoms with Gasteiger partial charge in [0.05, 0.1) is 19.4 Å². The number of aliphatic hydroxyl groups excluding tert-OH is 4. The van der Waals surface area contributed by atoms with Crippen LogP contribution in [0.1, 0.15) is 32.8 Å². The van der Waals surface area contributed by atoms with Crippen LogP contribution in [-0.4, -0.2) is 92.6 Å². The lowest BCUT2D eigenvalue weighted by Gasteiger charge is -2.40. The van der Waals surface area contributed by atoms with Crippen molar-refractivity contribution in [3.63, 3.8) is 0 Å². The van der Waals surface area contributed by atoms with Gasteiger partial charge in [0.25, 0.3) is 0 Å². The largest absolute Gasteiger partial charge is 0.461 e. The van der Waals surface area contributed by atoms with E-state index in [1.54, 1.807) is 6.92 Å². The van der Waals surface area contributed by atoms with Gasteiger partial charge in [-0.1, -0.05) is 16.5 Å². The molecule has 0 saturated carbocycles. The molecular formula is C17H21N3O9S. The predicted molar refractivity (Wildman–Crippen MR) is 100 cm³/mol. The van der Waals surface area contributed by atoms with Crippen LogP contribution in [0.3, 0.4) is 0 Å². The van der Waals surface area contributed by atoms with Crippen molar-refractivity contribution in [2.45, 2.75) is 37.4 Å². The monoisotopic (exact) mass is 443 g/mol. The van der Waals surface area contributed by atoms with Crippen molar-refractivity contribution >= 4 is 28.2 Å². The molecule has 3 heterocycles. The van der Waals surface area contributed by atoms with Crippen LogP contribution < -0.4 is 5.32 Å². The quantitative estimate of drug-likeness (QED) is 0.243. The summed E-state index contributed by atoms with van der Waals surface area (Å²) in [7, 11) is 0. The molecule has 164 valence electrons. The number of ketones is 1. The number of nitrogens with zero attached hydrogens (tertiary/aromatic N) is 2. The molecule has 0 aromatic carbocycles. The minimum absolute atomic E-state index is 0.00208. The number of hydrogen-bond acceptors (Lipinski definition) is 13. The Morgan fingerprint density at radius 2 is 1.97 bits per heavy atom. The molecule has 2 aromatic rings. The van der Waals surface area contributed by atoms with E-state index < -0.39 is 48.9 Å². The number of anilines is 1. The Kier molecular flexibility index (Phi) is 7.12. The van der Waals surface area contributed by atoms with Gasteiger partial charge in [-0.05, 0) is 6.92 Å². The molecule has 2 aromatic heterocycles. The summed E-state index contributed by atoms with van der Waals surface area (Å²) in [5.41, 5.74) is -0.120. The van der Waals surface area contributed by atoms with Crippen molar-refractivity contribution in [3.05, 3.63) is 28.6 Å². The van der Waals surface area contributed by atoms with E-state index in [1.807, 2.05) is 0 Å². The summed E-state index contributed by atoms with van der Waals surface area (Å²) in [6.07, 6.45) is -4.93. The highest BCUT2D eigenvalue weighted by atomic mass is 32.1. The van der Waals surface area contributed by atoms with E-state index in [1.165, 1.54) is 12.3 Å². The van der Waals surface area contributed by atoms with E-state index in [9.17, 15) is 30.0 Å². The SMILES string of the molecule is CCOC(=O)c1cc(C(=O)c2cnc(NCC3OC(CO)C(O)C(O)C3O)s2)on1. The molecule has 1 fully saturated rings. The Bertz CT molecular complexity index is 883. The average Bonchev–Trinajstić information content (AvgIpc) is 3.41. The van der Waals surface area contributed by atoms with Gasteiger partial charge in [-0.3, -0.25) is 4.79 Å². The van der Waals surface area contributed by atoms with E-state index in [2.05, 4.69) is 15.5 Å². The van der Waals surface area contributed by atoms with Crippen LogP contribution in [0.5, 0.6) is 0 Å². The third-order valence-corrected chi connectivity index (χ3v) is 5.35. The lowest BCUT2D eigenvalue weighted by molar-refractivity contribution is -0.225. The number of hydrogen-bond donors (Lipinski definition) is 5. The Balaban J connectivity index is 1.61. The van der Waals surface area contributed by atoms with Crippen LogP contribution >= 0.6 is 11.3 Å². The number of thiazole rings is 1. The molecule has 12 nitrogen and oxygen atoms in total. The smallest absolute Gasteiger partial charge is 0.360 e. The maximum absolute atomic E-state index is 12.5. The van der Waals surface area contributed by atoms with Crippen LogP contribution in [0.25, 0.3) is 0 Å². The summed E-state index contributed by atoms with van der Waals surface area (Å²) in [5.74, 6) is -1.38. The highest BCUT2D eigenvalue weighted by Crippen LogP contribution is 2.24. The van der Waals surface area contributed by atoms with Gasteiger partial charge in [0.1, 0.15) is 35.4 Å². The Morgan fingerprint density at radius 1 is 1.23 bits per heavy atom. The molecule has 5 unspecified atom stereocenters. The molecule has 3 rings (SSSR count). The molecule has 1 aliphatic heterocycles. The van der Waals surface area contributed by atoms with E-state index in [0.29, 0.717) is 5.13 Å². The number of aliphatic hydroxyl groups is 4. The first-order valence-electron chi connectivity index (χ1n) is 9.04. The number of esters is 1. The number of carbonyl (C=O) groups is 2. The van der Waals surface area contributed by atoms with Gasteiger partial charge in [0.15, 0.2) is 10.8 Å². The molecule has 5 N–H and O–H groups in total. The molecule has 0 bridgehead atoms. The van der Waals surface area contributed by atoms with Crippen molar-refractivity contribution in [3.8, 4) is 0 Å². The summed E-state index contributed by atoms with van der Waals surface area (Å²) in [5, 5.41) is 45.6. The zero-order valence-electron chi connectivity index (χ0n) is 15.8. The van der Waals surface area contributed by atoms with E-state index in [0.717, 1.165) is 11.3 Å². The molecule has 30 heavy (non-hydrogen) atoms. The molecular weight excluding hydrogens is 422 g/mol. The summed E-state index contributed by atoms with van der Waals surface area (Å²) in [6.45, 7) is 1.27. The van der Waals surface area contributed by atoms with E-state index in [4.69, 9.17) is 14.0 Å². The van der Waals surface area contributed by atoms with Gasteiger partial charge in [-0.2, -0.15) is 0 Å². The van der Waals surface area contributed by atoms with Crippen molar-refractivity contribution in [1.82, 2.24) is 10.1 Å². The molecule has 1 saturated heterocycles. The number of carbonyl (C=O) groups excluding carboxylic acids is 2. The number of nitrogens with one attached hydrogen (secondary N) is 1. The first-order valence-corrected chi connectivity index (χ1v) is 9.86. The van der Waals surface area contributed by atoms with Crippen molar-refractivity contribution in [2.75, 3.05) is 25.1 Å². The molecule has 13 heteroatoms. The maximum atomic E-state index is 12.5. The van der Waals surface area contributed by atoms with Crippen LogP contribution in [0, 0.1) is 0 Å². The van der Waals surface area contributed by atoms with Crippen LogP contribution in [-0.2, 0) is 9.47 Å². The Morgan fingerprint density at radius 3 is 2.67 bits per heavy atom. The molecule has 1 aliphatic rings. The molecule has 0 aliphatic carbocycles. The van der Waals surface area contributed by atoms with Gasteiger partial charge in [0, 0.05) is 12.6 Å². The van der Waals surface area contributed by atoms with Crippen molar-refractivity contribution < 1.29 is 44.0 Å². The summed E-state index contributed by atoms with van der Waals surface area (Å²) >= 11 is 0.987. The topological polar surface area (TPSA) is 184 Å². The molecule has 5 atom stereocenters. The number of ether oxygens (including phenoxy) is 2. The van der Waals surface area contributed by atoms with Crippen molar-refractivity contribution in [1.29, 1.82) is 0 Å². The fourth-order valence-electron chi connectivity index (χ4n) is 2.80. The second kappa shape index (κ2) is 9.59. The first kappa shape index (κ1) is 22.3. The fourth-order valence-corrected chi connectivity index (χ4v) is 3.57. The lowest BCUT2D eigenvalue weighted by atomic mass is 9.95. The van der Waals surface area contributed by atoms with Crippen molar-refractivity contribution in [2.24, 2.45) is 0 Å². The standard InChI is InChI=1S/C17H21N3O9S/c1-2-27-16(26)7-3-8(29-20-7)12(22)11-5-19-17(30-11)18-4-9-13(23)15(25)14(24)10(6-21)28-9/h3,5,9-10,13-15,21,23-25H,2,4,6H2,1H3,(H,18,19).